The summed E-state index contributed by atoms with van der Waals surface area (Å²) in [6.07, 6.45) is 6.51. The third-order valence-electron chi connectivity index (χ3n) is 6.97. The molecule has 0 radical (unpaired) electrons. The summed E-state index contributed by atoms with van der Waals surface area (Å²) in [5.74, 6) is 0.358. The van der Waals surface area contributed by atoms with Crippen LogP contribution in [-0.4, -0.2) is 53.8 Å². The molecule has 1 saturated carbocycles. The van der Waals surface area contributed by atoms with Gasteiger partial charge < -0.3 is 14.7 Å². The van der Waals surface area contributed by atoms with Gasteiger partial charge in [-0.1, -0.05) is 25.0 Å². The van der Waals surface area contributed by atoms with Crippen molar-refractivity contribution in [3.8, 4) is 0 Å². The molecular formula is C25H33N3O3. The highest BCUT2D eigenvalue weighted by atomic mass is 16.5. The maximum atomic E-state index is 11.9. The van der Waals surface area contributed by atoms with Gasteiger partial charge in [-0.2, -0.15) is 0 Å². The molecule has 31 heavy (non-hydrogen) atoms. The standard InChI is InChI=1S/C25H33N3O3/c1-18(22-6-5-7-23(22)27-19(2)28-14-16-31-17-15-28)26-21-10-8-20(9-11-21)25(24(29)30)12-3-4-13-25/h8-11H,3-7,12-17H2,1-2H3,(H,29,30). The smallest absolute Gasteiger partial charge is 0.314 e. The zero-order valence-corrected chi connectivity index (χ0v) is 18.7. The summed E-state index contributed by atoms with van der Waals surface area (Å²) in [7, 11) is 0. The van der Waals surface area contributed by atoms with Crippen molar-refractivity contribution in [1.82, 2.24) is 4.90 Å². The van der Waals surface area contributed by atoms with Gasteiger partial charge in [0.25, 0.3) is 0 Å². The van der Waals surface area contributed by atoms with E-state index in [-0.39, 0.29) is 0 Å². The van der Waals surface area contributed by atoms with Crippen LogP contribution in [0.15, 0.2) is 45.5 Å². The number of allylic oxidation sites excluding steroid dienone is 2. The van der Waals surface area contributed by atoms with Crippen LogP contribution in [0.1, 0.15) is 64.4 Å². The molecule has 2 aliphatic carbocycles. The van der Waals surface area contributed by atoms with Gasteiger partial charge in [-0.3, -0.25) is 9.79 Å². The summed E-state index contributed by atoms with van der Waals surface area (Å²) in [6, 6.07) is 7.82. The number of carbonyl (C=O) groups is 1. The molecule has 6 nitrogen and oxygen atoms in total. The molecular weight excluding hydrogens is 390 g/mol. The number of nitrogens with zero attached hydrogens (tertiary/aromatic N) is 3. The van der Waals surface area contributed by atoms with Crippen molar-refractivity contribution in [3.63, 3.8) is 0 Å². The van der Waals surface area contributed by atoms with Gasteiger partial charge in [-0.25, -0.2) is 4.99 Å². The fourth-order valence-electron chi connectivity index (χ4n) is 5.11. The molecule has 1 N–H and O–H groups in total. The number of hydrogen-bond donors (Lipinski definition) is 1. The number of carboxylic acids is 1. The number of rotatable bonds is 5. The molecule has 6 heteroatoms. The first-order valence-corrected chi connectivity index (χ1v) is 11.5. The van der Waals surface area contributed by atoms with E-state index in [1.165, 1.54) is 5.57 Å². The molecule has 0 amide bonds. The average Bonchev–Trinajstić information content (AvgIpc) is 3.45. The lowest BCUT2D eigenvalue weighted by Crippen LogP contribution is -2.39. The van der Waals surface area contributed by atoms with Crippen LogP contribution in [0.2, 0.25) is 0 Å². The number of aliphatic imine (C=N–C) groups is 2. The predicted octanol–water partition coefficient (Wildman–Crippen LogP) is 4.86. The minimum atomic E-state index is -0.718. The Morgan fingerprint density at radius 2 is 1.68 bits per heavy atom. The Kier molecular flexibility index (Phi) is 6.56. The Morgan fingerprint density at radius 3 is 2.32 bits per heavy atom. The number of aliphatic carboxylic acids is 1. The Hall–Kier alpha value is -2.47. The Balaban J connectivity index is 1.54. The third kappa shape index (κ3) is 4.59. The minimum Gasteiger partial charge on any atom is -0.481 e. The third-order valence-corrected chi connectivity index (χ3v) is 6.97. The van der Waals surface area contributed by atoms with Crippen molar-refractivity contribution in [2.75, 3.05) is 26.3 Å². The molecule has 166 valence electrons. The Morgan fingerprint density at radius 1 is 1.00 bits per heavy atom. The Labute approximate surface area is 184 Å². The zero-order chi connectivity index (χ0) is 21.8. The first-order valence-electron chi connectivity index (χ1n) is 11.5. The number of morpholine rings is 1. The van der Waals surface area contributed by atoms with E-state index in [1.807, 2.05) is 24.3 Å². The van der Waals surface area contributed by atoms with E-state index in [1.54, 1.807) is 0 Å². The summed E-state index contributed by atoms with van der Waals surface area (Å²) in [6.45, 7) is 7.46. The van der Waals surface area contributed by atoms with Gasteiger partial charge in [0.2, 0.25) is 0 Å². The second-order valence-corrected chi connectivity index (χ2v) is 8.88. The van der Waals surface area contributed by atoms with Crippen molar-refractivity contribution in [2.45, 2.75) is 64.2 Å². The molecule has 4 rings (SSSR count). The fraction of sp³-hybridized carbons (Fsp3) is 0.560. The van der Waals surface area contributed by atoms with Crippen molar-refractivity contribution >= 4 is 23.2 Å². The van der Waals surface area contributed by atoms with Gasteiger partial charge >= 0.3 is 5.97 Å². The van der Waals surface area contributed by atoms with Gasteiger partial charge in [-0.15, -0.1) is 0 Å². The monoisotopic (exact) mass is 423 g/mol. The van der Waals surface area contributed by atoms with E-state index in [0.717, 1.165) is 99.7 Å². The number of ether oxygens (including phenoxy) is 1. The van der Waals surface area contributed by atoms with E-state index < -0.39 is 11.4 Å². The van der Waals surface area contributed by atoms with Gasteiger partial charge in [0.1, 0.15) is 5.84 Å². The molecule has 1 heterocycles. The molecule has 0 spiro atoms. The van der Waals surface area contributed by atoms with Crippen LogP contribution in [0.3, 0.4) is 0 Å². The SMILES string of the molecule is CC(=Nc1ccc(C2(C(=O)O)CCCC2)cc1)C1=C(N=C(C)N2CCOCC2)CCC1. The van der Waals surface area contributed by atoms with Gasteiger partial charge in [0.05, 0.1) is 24.3 Å². The Bertz CT molecular complexity index is 902. The summed E-state index contributed by atoms with van der Waals surface area (Å²) < 4.78 is 5.45. The predicted molar refractivity (Wildman–Crippen MR) is 123 cm³/mol. The normalized spacial score (nSPS) is 22.3. The quantitative estimate of drug-likeness (QED) is 0.542. The molecule has 1 aliphatic heterocycles. The topological polar surface area (TPSA) is 74.5 Å². The number of benzene rings is 1. The van der Waals surface area contributed by atoms with Crippen LogP contribution < -0.4 is 0 Å². The zero-order valence-electron chi connectivity index (χ0n) is 18.7. The molecule has 1 aromatic carbocycles. The van der Waals surface area contributed by atoms with Gasteiger partial charge in [0, 0.05) is 24.5 Å². The number of carboxylic acid groups (broad SMARTS) is 1. The number of hydrogen-bond acceptors (Lipinski definition) is 4. The first kappa shape index (κ1) is 21.8. The van der Waals surface area contributed by atoms with Crippen LogP contribution in [-0.2, 0) is 14.9 Å². The molecule has 0 unspecified atom stereocenters. The number of amidine groups is 1. The van der Waals surface area contributed by atoms with Gasteiger partial charge in [0.15, 0.2) is 0 Å². The van der Waals surface area contributed by atoms with Crippen molar-refractivity contribution < 1.29 is 14.6 Å². The maximum Gasteiger partial charge on any atom is 0.314 e. The summed E-state index contributed by atoms with van der Waals surface area (Å²) in [5.41, 5.74) is 4.46. The highest BCUT2D eigenvalue weighted by Gasteiger charge is 2.42. The van der Waals surface area contributed by atoms with Crippen molar-refractivity contribution in [1.29, 1.82) is 0 Å². The van der Waals surface area contributed by atoms with E-state index in [0.29, 0.717) is 0 Å². The molecule has 0 bridgehead atoms. The first-order chi connectivity index (χ1) is 15.0. The highest BCUT2D eigenvalue weighted by molar-refractivity contribution is 6.01. The van der Waals surface area contributed by atoms with E-state index in [2.05, 4.69) is 18.7 Å². The summed E-state index contributed by atoms with van der Waals surface area (Å²) >= 11 is 0. The van der Waals surface area contributed by atoms with Crippen LogP contribution in [0, 0.1) is 0 Å². The lowest BCUT2D eigenvalue weighted by atomic mass is 9.79. The fourth-order valence-corrected chi connectivity index (χ4v) is 5.11. The van der Waals surface area contributed by atoms with Crippen molar-refractivity contribution in [2.24, 2.45) is 9.98 Å². The largest absolute Gasteiger partial charge is 0.481 e. The van der Waals surface area contributed by atoms with Crippen LogP contribution in [0.5, 0.6) is 0 Å². The molecule has 1 aromatic rings. The molecule has 0 atom stereocenters. The second kappa shape index (κ2) is 9.35. The lowest BCUT2D eigenvalue weighted by Gasteiger charge is -2.28. The molecule has 3 aliphatic rings. The van der Waals surface area contributed by atoms with Gasteiger partial charge in [-0.05, 0) is 69.2 Å². The van der Waals surface area contributed by atoms with Crippen LogP contribution >= 0.6 is 0 Å². The molecule has 2 fully saturated rings. The maximum absolute atomic E-state index is 11.9. The van der Waals surface area contributed by atoms with Crippen LogP contribution in [0.4, 0.5) is 5.69 Å². The summed E-state index contributed by atoms with van der Waals surface area (Å²) in [5, 5.41) is 9.81. The molecule has 1 saturated heterocycles. The molecule has 0 aromatic heterocycles. The van der Waals surface area contributed by atoms with Crippen molar-refractivity contribution in [3.05, 3.63) is 41.1 Å². The van der Waals surface area contributed by atoms with E-state index in [4.69, 9.17) is 14.7 Å². The summed E-state index contributed by atoms with van der Waals surface area (Å²) in [4.78, 5) is 24.0. The lowest BCUT2D eigenvalue weighted by molar-refractivity contribution is -0.143. The van der Waals surface area contributed by atoms with E-state index in [9.17, 15) is 9.90 Å². The second-order valence-electron chi connectivity index (χ2n) is 8.88. The minimum absolute atomic E-state index is 0.702. The van der Waals surface area contributed by atoms with E-state index >= 15 is 0 Å². The average molecular weight is 424 g/mol. The van der Waals surface area contributed by atoms with Crippen LogP contribution in [0.25, 0.3) is 0 Å². The highest BCUT2D eigenvalue weighted by Crippen LogP contribution is 2.42.